The zero-order valence-corrected chi connectivity index (χ0v) is 16.4. The molecule has 2 aromatic carbocycles. The molecule has 0 unspecified atom stereocenters. The zero-order chi connectivity index (χ0) is 19.0. The zero-order valence-electron chi connectivity index (χ0n) is 15.6. The van der Waals surface area contributed by atoms with E-state index in [1.165, 1.54) is 11.3 Å². The van der Waals surface area contributed by atoms with Crippen LogP contribution < -0.4 is 5.32 Å². The summed E-state index contributed by atoms with van der Waals surface area (Å²) < 4.78 is 1.07. The minimum absolute atomic E-state index is 0.00736. The van der Waals surface area contributed by atoms with E-state index >= 15 is 0 Å². The van der Waals surface area contributed by atoms with Crippen molar-refractivity contribution in [3.8, 4) is 0 Å². The summed E-state index contributed by atoms with van der Waals surface area (Å²) in [6, 6.07) is 12.3. The Morgan fingerprint density at radius 2 is 1.89 bits per heavy atom. The molecule has 0 radical (unpaired) electrons. The Balaban J connectivity index is 1.46. The Bertz CT molecular complexity index is 1000. The third-order valence-corrected chi connectivity index (χ3v) is 6.12. The van der Waals surface area contributed by atoms with Crippen molar-refractivity contribution in [3.63, 3.8) is 0 Å². The van der Waals surface area contributed by atoms with Crippen LogP contribution in [0, 0.1) is 11.8 Å². The largest absolute Gasteiger partial charge is 0.342 e. The minimum atomic E-state index is -0.0648. The first kappa shape index (κ1) is 17.9. The number of amides is 2. The molecule has 5 nitrogen and oxygen atoms in total. The molecule has 0 spiro atoms. The van der Waals surface area contributed by atoms with Crippen LogP contribution in [-0.4, -0.2) is 34.8 Å². The third-order valence-electron chi connectivity index (χ3n) is 5.19. The second-order valence-electron chi connectivity index (χ2n) is 7.40. The number of likely N-dealkylation sites (tertiary alicyclic amines) is 1. The van der Waals surface area contributed by atoms with Gasteiger partial charge in [0.15, 0.2) is 5.13 Å². The Morgan fingerprint density at radius 1 is 1.15 bits per heavy atom. The van der Waals surface area contributed by atoms with Crippen LogP contribution in [0.1, 0.15) is 26.7 Å². The molecular weight excluding hydrogens is 358 g/mol. The number of nitrogens with zero attached hydrogens (tertiary/aromatic N) is 2. The summed E-state index contributed by atoms with van der Waals surface area (Å²) in [5.74, 6) is 0.125. The maximum atomic E-state index is 12.7. The van der Waals surface area contributed by atoms with Crippen molar-refractivity contribution in [2.24, 2.45) is 11.8 Å². The Kier molecular flexibility index (Phi) is 4.83. The first-order valence-electron chi connectivity index (χ1n) is 9.41. The summed E-state index contributed by atoms with van der Waals surface area (Å²) in [5, 5.41) is 5.90. The highest BCUT2D eigenvalue weighted by molar-refractivity contribution is 7.22. The molecule has 3 aromatic rings. The molecule has 0 aliphatic carbocycles. The summed E-state index contributed by atoms with van der Waals surface area (Å²) in [5.41, 5.74) is 0.936. The summed E-state index contributed by atoms with van der Waals surface area (Å²) in [6.07, 6.45) is 1.41. The number of hydrogen-bond donors (Lipinski definition) is 1. The maximum Gasteiger partial charge on any atom is 0.229 e. The summed E-state index contributed by atoms with van der Waals surface area (Å²) in [6.45, 7) is 5.13. The van der Waals surface area contributed by atoms with E-state index in [-0.39, 0.29) is 23.7 Å². The molecule has 0 atom stereocenters. The summed E-state index contributed by atoms with van der Waals surface area (Å²) >= 11 is 1.51. The fourth-order valence-electron chi connectivity index (χ4n) is 3.65. The number of carbonyl (C=O) groups excluding carboxylic acids is 2. The molecule has 2 heterocycles. The lowest BCUT2D eigenvalue weighted by Gasteiger charge is -2.32. The predicted octanol–water partition coefficient (Wildman–Crippen LogP) is 4.28. The summed E-state index contributed by atoms with van der Waals surface area (Å²) in [7, 11) is 0. The number of fused-ring (bicyclic) bond motifs is 3. The van der Waals surface area contributed by atoms with Gasteiger partial charge in [-0.3, -0.25) is 9.59 Å². The molecule has 1 aliphatic heterocycles. The first-order valence-corrected chi connectivity index (χ1v) is 10.2. The molecule has 0 saturated carbocycles. The van der Waals surface area contributed by atoms with E-state index < -0.39 is 0 Å². The molecular formula is C21H23N3O2S. The maximum absolute atomic E-state index is 12.7. The molecule has 0 bridgehead atoms. The number of nitrogens with one attached hydrogen (secondary N) is 1. The SMILES string of the molecule is CC(C)C(=O)N1CCC(C(=O)Nc2nc3c(ccc4ccccc43)s2)CC1. The van der Waals surface area contributed by atoms with Crippen LogP contribution in [0.3, 0.4) is 0 Å². The van der Waals surface area contributed by atoms with Crippen molar-refractivity contribution in [1.29, 1.82) is 0 Å². The normalized spacial score (nSPS) is 15.6. The van der Waals surface area contributed by atoms with E-state index in [9.17, 15) is 9.59 Å². The van der Waals surface area contributed by atoms with E-state index in [4.69, 9.17) is 0 Å². The van der Waals surface area contributed by atoms with Crippen molar-refractivity contribution in [1.82, 2.24) is 9.88 Å². The molecule has 2 amide bonds. The van der Waals surface area contributed by atoms with Crippen LogP contribution in [0.5, 0.6) is 0 Å². The highest BCUT2D eigenvalue weighted by Crippen LogP contribution is 2.32. The molecule has 1 saturated heterocycles. The second-order valence-corrected chi connectivity index (χ2v) is 8.43. The lowest BCUT2D eigenvalue weighted by atomic mass is 9.95. The van der Waals surface area contributed by atoms with Gasteiger partial charge in [0, 0.05) is 30.3 Å². The van der Waals surface area contributed by atoms with Crippen LogP contribution in [0.4, 0.5) is 5.13 Å². The number of hydrogen-bond acceptors (Lipinski definition) is 4. The van der Waals surface area contributed by atoms with E-state index in [2.05, 4.69) is 34.6 Å². The van der Waals surface area contributed by atoms with Gasteiger partial charge in [0.2, 0.25) is 11.8 Å². The van der Waals surface area contributed by atoms with Gasteiger partial charge >= 0.3 is 0 Å². The van der Waals surface area contributed by atoms with Crippen LogP contribution in [0.2, 0.25) is 0 Å². The minimum Gasteiger partial charge on any atom is -0.342 e. The molecule has 4 rings (SSSR count). The van der Waals surface area contributed by atoms with Gasteiger partial charge in [-0.15, -0.1) is 0 Å². The number of benzene rings is 2. The second kappa shape index (κ2) is 7.27. The molecule has 1 aliphatic rings. The van der Waals surface area contributed by atoms with Gasteiger partial charge in [0.1, 0.15) is 0 Å². The molecule has 6 heteroatoms. The average molecular weight is 382 g/mol. The van der Waals surface area contributed by atoms with Crippen LogP contribution in [0.25, 0.3) is 21.0 Å². The van der Waals surface area contributed by atoms with Gasteiger partial charge in [0.25, 0.3) is 0 Å². The number of anilines is 1. The summed E-state index contributed by atoms with van der Waals surface area (Å²) in [4.78, 5) is 31.3. The predicted molar refractivity (Wildman–Crippen MR) is 110 cm³/mol. The fraction of sp³-hybridized carbons (Fsp3) is 0.381. The Labute approximate surface area is 162 Å². The van der Waals surface area contributed by atoms with Crippen molar-refractivity contribution in [2.45, 2.75) is 26.7 Å². The van der Waals surface area contributed by atoms with Crippen molar-refractivity contribution >= 4 is 49.3 Å². The highest BCUT2D eigenvalue weighted by Gasteiger charge is 2.28. The van der Waals surface area contributed by atoms with Crippen LogP contribution in [0.15, 0.2) is 36.4 Å². The third kappa shape index (κ3) is 3.54. The Hall–Kier alpha value is -2.47. The number of piperidine rings is 1. The Morgan fingerprint density at radius 3 is 2.63 bits per heavy atom. The van der Waals surface area contributed by atoms with Gasteiger partial charge in [-0.05, 0) is 24.3 Å². The van der Waals surface area contributed by atoms with E-state index in [0.29, 0.717) is 31.1 Å². The van der Waals surface area contributed by atoms with Crippen LogP contribution >= 0.6 is 11.3 Å². The van der Waals surface area contributed by atoms with Gasteiger partial charge in [-0.2, -0.15) is 0 Å². The standard InChI is InChI=1S/C21H23N3O2S/c1-13(2)20(26)24-11-9-15(10-12-24)19(25)23-21-22-18-16-6-4-3-5-14(16)7-8-17(18)27-21/h3-8,13,15H,9-12H2,1-2H3,(H,22,23,25). The molecule has 1 fully saturated rings. The quantitative estimate of drug-likeness (QED) is 0.736. The van der Waals surface area contributed by atoms with Crippen molar-refractivity contribution in [2.75, 3.05) is 18.4 Å². The fourth-order valence-corrected chi connectivity index (χ4v) is 4.53. The van der Waals surface area contributed by atoms with Gasteiger partial charge in [0.05, 0.1) is 10.2 Å². The first-order chi connectivity index (χ1) is 13.0. The molecule has 140 valence electrons. The van der Waals surface area contributed by atoms with Crippen molar-refractivity contribution < 1.29 is 9.59 Å². The highest BCUT2D eigenvalue weighted by atomic mass is 32.1. The monoisotopic (exact) mass is 381 g/mol. The van der Waals surface area contributed by atoms with E-state index in [1.54, 1.807) is 0 Å². The molecule has 1 N–H and O–H groups in total. The number of rotatable bonds is 3. The lowest BCUT2D eigenvalue weighted by molar-refractivity contribution is -0.137. The lowest BCUT2D eigenvalue weighted by Crippen LogP contribution is -2.43. The van der Waals surface area contributed by atoms with Crippen LogP contribution in [-0.2, 0) is 9.59 Å². The number of aromatic nitrogens is 1. The van der Waals surface area contributed by atoms with Gasteiger partial charge in [-0.1, -0.05) is 55.5 Å². The van der Waals surface area contributed by atoms with Gasteiger partial charge in [-0.25, -0.2) is 4.98 Å². The number of carbonyl (C=O) groups is 2. The topological polar surface area (TPSA) is 62.3 Å². The van der Waals surface area contributed by atoms with Gasteiger partial charge < -0.3 is 10.2 Å². The van der Waals surface area contributed by atoms with Crippen molar-refractivity contribution in [3.05, 3.63) is 36.4 Å². The average Bonchev–Trinajstić information content (AvgIpc) is 3.10. The molecule has 27 heavy (non-hydrogen) atoms. The molecule has 1 aromatic heterocycles. The number of thiazole rings is 1. The van der Waals surface area contributed by atoms with E-state index in [1.807, 2.05) is 30.9 Å². The smallest absolute Gasteiger partial charge is 0.229 e. The van der Waals surface area contributed by atoms with E-state index in [0.717, 1.165) is 21.0 Å².